The van der Waals surface area contributed by atoms with Gasteiger partial charge in [-0.2, -0.15) is 0 Å². The third-order valence-corrected chi connectivity index (χ3v) is 16.9. The highest BCUT2D eigenvalue weighted by Crippen LogP contribution is 2.65. The molecule has 0 radical (unpaired) electrons. The number of hydrogen-bond donors (Lipinski definition) is 0. The average Bonchev–Trinajstić information content (AvgIpc) is 3.36. The van der Waals surface area contributed by atoms with E-state index in [1.54, 1.807) is 0 Å². The molecule has 13 rings (SSSR count). The normalized spacial score (nSPS) is 21.0. The number of benzene rings is 8. The van der Waals surface area contributed by atoms with E-state index in [0.29, 0.717) is 29.3 Å². The van der Waals surface area contributed by atoms with Crippen molar-refractivity contribution in [2.75, 3.05) is 13.3 Å². The molecule has 4 fully saturated rings. The van der Waals surface area contributed by atoms with Gasteiger partial charge in [0.2, 0.25) is 0 Å². The molecular formula is C61H52N3OP. The van der Waals surface area contributed by atoms with Crippen LogP contribution in [0, 0.1) is 23.7 Å². The Morgan fingerprint density at radius 2 is 0.818 bits per heavy atom. The molecule has 4 aliphatic rings. The SMILES string of the molecule is CP(C)(=O)c1ccc(-c2ccc(C3(c4ccc(-c5nc(-c6ccc(-c7ccccc7)cc6)nc(-c6cccc(-c7ccccc7)c6)n5)cc4)C4CC5CC(C4)CC3C5)cc2)c2ccccc12. The Kier molecular flexibility index (Phi) is 10.1. The molecule has 322 valence electrons. The summed E-state index contributed by atoms with van der Waals surface area (Å²) in [6, 6.07) is 69.7. The fourth-order valence-electron chi connectivity index (χ4n) is 12.5. The molecule has 0 aliphatic heterocycles. The highest BCUT2D eigenvalue weighted by molar-refractivity contribution is 7.70. The van der Waals surface area contributed by atoms with Crippen molar-refractivity contribution in [1.29, 1.82) is 0 Å². The van der Waals surface area contributed by atoms with Gasteiger partial charge in [0.05, 0.1) is 0 Å². The fourth-order valence-corrected chi connectivity index (χ4v) is 13.7. The van der Waals surface area contributed by atoms with Gasteiger partial charge in [0.1, 0.15) is 7.14 Å². The average molecular weight is 874 g/mol. The van der Waals surface area contributed by atoms with Crippen LogP contribution in [0.25, 0.3) is 78.3 Å². The van der Waals surface area contributed by atoms with Gasteiger partial charge in [0.25, 0.3) is 0 Å². The van der Waals surface area contributed by atoms with Crippen molar-refractivity contribution < 1.29 is 4.57 Å². The van der Waals surface area contributed by atoms with E-state index < -0.39 is 7.14 Å². The van der Waals surface area contributed by atoms with Gasteiger partial charge in [-0.15, -0.1) is 0 Å². The maximum absolute atomic E-state index is 13.3. The number of rotatable bonds is 9. The van der Waals surface area contributed by atoms with Crippen LogP contribution in [-0.2, 0) is 9.98 Å². The van der Waals surface area contributed by atoms with Crippen LogP contribution in [0.15, 0.2) is 194 Å². The first-order valence-corrected chi connectivity index (χ1v) is 26.2. The topological polar surface area (TPSA) is 55.7 Å². The van der Waals surface area contributed by atoms with E-state index in [1.807, 2.05) is 19.4 Å². The quantitative estimate of drug-likeness (QED) is 0.136. The predicted molar refractivity (Wildman–Crippen MR) is 273 cm³/mol. The molecule has 66 heavy (non-hydrogen) atoms. The Hall–Kier alpha value is -6.74. The lowest BCUT2D eigenvalue weighted by molar-refractivity contribution is -0.0418. The molecule has 0 atom stereocenters. The first-order valence-electron chi connectivity index (χ1n) is 23.6. The summed E-state index contributed by atoms with van der Waals surface area (Å²) < 4.78 is 13.3. The molecule has 0 spiro atoms. The van der Waals surface area contributed by atoms with Crippen molar-refractivity contribution in [2.24, 2.45) is 23.7 Å². The highest BCUT2D eigenvalue weighted by atomic mass is 31.2. The summed E-state index contributed by atoms with van der Waals surface area (Å²) in [6.07, 6.45) is 6.58. The lowest BCUT2D eigenvalue weighted by atomic mass is 9.42. The van der Waals surface area contributed by atoms with Crippen molar-refractivity contribution in [2.45, 2.75) is 37.5 Å². The zero-order chi connectivity index (χ0) is 44.4. The van der Waals surface area contributed by atoms with Gasteiger partial charge < -0.3 is 4.57 Å². The van der Waals surface area contributed by atoms with E-state index in [-0.39, 0.29) is 5.41 Å². The summed E-state index contributed by atoms with van der Waals surface area (Å²) in [4.78, 5) is 15.6. The maximum Gasteiger partial charge on any atom is 0.164 e. The first kappa shape index (κ1) is 40.7. The summed E-state index contributed by atoms with van der Waals surface area (Å²) in [6.45, 7) is 3.74. The van der Waals surface area contributed by atoms with Crippen molar-refractivity contribution in [3.63, 3.8) is 0 Å². The van der Waals surface area contributed by atoms with Crippen LogP contribution in [0.4, 0.5) is 0 Å². The Morgan fingerprint density at radius 3 is 1.38 bits per heavy atom. The molecule has 9 aromatic rings. The van der Waals surface area contributed by atoms with Crippen molar-refractivity contribution in [1.82, 2.24) is 15.0 Å². The largest absolute Gasteiger partial charge is 0.319 e. The highest BCUT2D eigenvalue weighted by Gasteiger charge is 2.58. The van der Waals surface area contributed by atoms with Gasteiger partial charge in [-0.1, -0.05) is 188 Å². The minimum absolute atomic E-state index is 0.0682. The summed E-state index contributed by atoms with van der Waals surface area (Å²) in [7, 11) is -2.45. The Morgan fingerprint density at radius 1 is 0.394 bits per heavy atom. The molecular weight excluding hydrogens is 822 g/mol. The van der Waals surface area contributed by atoms with Crippen LogP contribution in [0.2, 0.25) is 0 Å². The molecule has 4 saturated carbocycles. The molecule has 4 nitrogen and oxygen atoms in total. The molecule has 0 unspecified atom stereocenters. The second-order valence-electron chi connectivity index (χ2n) is 19.6. The molecule has 1 aromatic heterocycles. The van der Waals surface area contributed by atoms with Gasteiger partial charge in [0, 0.05) is 27.4 Å². The smallest absolute Gasteiger partial charge is 0.164 e. The van der Waals surface area contributed by atoms with Crippen molar-refractivity contribution in [3.05, 3.63) is 205 Å². The second kappa shape index (κ2) is 16.3. The zero-order valence-corrected chi connectivity index (χ0v) is 38.4. The molecule has 0 saturated heterocycles. The van der Waals surface area contributed by atoms with Crippen LogP contribution in [0.3, 0.4) is 0 Å². The van der Waals surface area contributed by atoms with Crippen LogP contribution in [0.5, 0.6) is 0 Å². The van der Waals surface area contributed by atoms with Gasteiger partial charge in [-0.25, -0.2) is 15.0 Å². The number of hydrogen-bond acceptors (Lipinski definition) is 4. The van der Waals surface area contributed by atoms with E-state index >= 15 is 0 Å². The van der Waals surface area contributed by atoms with Gasteiger partial charge >= 0.3 is 0 Å². The molecule has 0 N–H and O–H groups in total. The number of nitrogens with zero attached hydrogens (tertiary/aromatic N) is 3. The van der Waals surface area contributed by atoms with Gasteiger partial charge in [0.15, 0.2) is 17.5 Å². The first-order chi connectivity index (χ1) is 32.3. The summed E-state index contributed by atoms with van der Waals surface area (Å²) in [5.74, 6) is 4.84. The number of fused-ring (bicyclic) bond motifs is 1. The van der Waals surface area contributed by atoms with E-state index in [0.717, 1.165) is 61.3 Å². The number of aromatic nitrogens is 3. The van der Waals surface area contributed by atoms with Crippen molar-refractivity contribution in [3.8, 4) is 67.5 Å². The summed E-state index contributed by atoms with van der Waals surface area (Å²) in [5, 5.41) is 3.20. The minimum Gasteiger partial charge on any atom is -0.319 e. The van der Waals surface area contributed by atoms with Crippen molar-refractivity contribution >= 4 is 23.2 Å². The standard InChI is InChI=1S/C61H52N3OP/c1-66(2,65)57-33-32-54(55-18-9-10-19-56(55)57)45-24-28-50(29-25-45)61(52-35-40-34-41(37-52)38-53(61)36-40)51-30-26-47(27-31-51)59-62-58(46-22-20-44(21-23-46)42-12-5-3-6-13-42)63-60(64-59)49-17-11-16-48(39-49)43-14-7-4-8-15-43/h3-33,39-41,52-53H,34-38H2,1-2H3. The summed E-state index contributed by atoms with van der Waals surface area (Å²) >= 11 is 0. The molecule has 1 heterocycles. The third-order valence-electron chi connectivity index (χ3n) is 15.3. The van der Waals surface area contributed by atoms with E-state index in [1.165, 1.54) is 59.9 Å². The van der Waals surface area contributed by atoms with Gasteiger partial charge in [-0.05, 0) is 130 Å². The Labute approximate surface area is 388 Å². The molecule has 5 heteroatoms. The van der Waals surface area contributed by atoms with Gasteiger partial charge in [-0.3, -0.25) is 0 Å². The van der Waals surface area contributed by atoms with Crippen LogP contribution >= 0.6 is 7.14 Å². The van der Waals surface area contributed by atoms with Crippen LogP contribution < -0.4 is 5.30 Å². The Balaban J connectivity index is 0.944. The van der Waals surface area contributed by atoms with Crippen LogP contribution in [0.1, 0.15) is 43.2 Å². The predicted octanol–water partition coefficient (Wildman–Crippen LogP) is 15.0. The minimum atomic E-state index is -2.45. The monoisotopic (exact) mass is 873 g/mol. The fraction of sp³-hybridized carbons (Fsp3) is 0.197. The Bertz CT molecular complexity index is 3260. The molecule has 8 aromatic carbocycles. The van der Waals surface area contributed by atoms with E-state index in [4.69, 9.17) is 15.0 Å². The molecule has 4 bridgehead atoms. The van der Waals surface area contributed by atoms with E-state index in [2.05, 4.69) is 188 Å². The molecule has 4 aliphatic carbocycles. The lowest BCUT2D eigenvalue weighted by Gasteiger charge is -2.62. The maximum atomic E-state index is 13.3. The zero-order valence-electron chi connectivity index (χ0n) is 37.5. The van der Waals surface area contributed by atoms with E-state index in [9.17, 15) is 4.57 Å². The third kappa shape index (κ3) is 7.15. The molecule has 0 amide bonds. The second-order valence-corrected chi connectivity index (χ2v) is 22.7. The summed E-state index contributed by atoms with van der Waals surface area (Å²) in [5.41, 5.74) is 12.7. The lowest BCUT2D eigenvalue weighted by Crippen LogP contribution is -2.56. The van der Waals surface area contributed by atoms with Crippen LogP contribution in [-0.4, -0.2) is 28.3 Å².